The van der Waals surface area contributed by atoms with E-state index < -0.39 is 0 Å². The van der Waals surface area contributed by atoms with Gasteiger partial charge < -0.3 is 10.3 Å². The van der Waals surface area contributed by atoms with Gasteiger partial charge in [-0.25, -0.2) is 0 Å². The monoisotopic (exact) mass is 277 g/mol. The van der Waals surface area contributed by atoms with Gasteiger partial charge in [0, 0.05) is 29.4 Å². The first-order valence-electron chi connectivity index (χ1n) is 6.71. The fourth-order valence-corrected chi connectivity index (χ4v) is 3.66. The summed E-state index contributed by atoms with van der Waals surface area (Å²) in [7, 11) is 0. The Morgan fingerprint density at radius 2 is 2.32 bits per heavy atom. The van der Waals surface area contributed by atoms with Crippen molar-refractivity contribution in [3.05, 3.63) is 34.0 Å². The second-order valence-corrected chi connectivity index (χ2v) is 6.02. The Hall–Kier alpha value is -1.24. The maximum Gasteiger partial charge on any atom is 0.147 e. The fraction of sp³-hybridized carbons (Fsp3) is 0.538. The average Bonchev–Trinajstić information content (AvgIpc) is 3.07. The Bertz CT molecular complexity index is 547. The highest BCUT2D eigenvalue weighted by atomic mass is 32.1. The van der Waals surface area contributed by atoms with Crippen molar-refractivity contribution in [3.8, 4) is 0 Å². The quantitative estimate of drug-likeness (QED) is 0.918. The lowest BCUT2D eigenvalue weighted by Crippen LogP contribution is -2.39. The van der Waals surface area contributed by atoms with E-state index in [2.05, 4.69) is 38.7 Å². The Kier molecular flexibility index (Phi) is 3.63. The van der Waals surface area contributed by atoms with Crippen molar-refractivity contribution >= 4 is 11.3 Å². The highest BCUT2D eigenvalue weighted by Gasteiger charge is 2.25. The molecule has 0 saturated carbocycles. The van der Waals surface area contributed by atoms with Crippen LogP contribution in [-0.4, -0.2) is 32.8 Å². The van der Waals surface area contributed by atoms with E-state index in [1.165, 1.54) is 9.75 Å². The SMILES string of the molecule is CCc1ccc(C(CN)N2CCn3cnnc3C2)s1. The summed E-state index contributed by atoms with van der Waals surface area (Å²) in [6, 6.07) is 4.74. The summed E-state index contributed by atoms with van der Waals surface area (Å²) >= 11 is 1.88. The molecule has 3 rings (SSSR count). The van der Waals surface area contributed by atoms with Crippen LogP contribution < -0.4 is 5.73 Å². The van der Waals surface area contributed by atoms with E-state index in [-0.39, 0.29) is 0 Å². The standard InChI is InChI=1S/C13H19N5S/c1-2-10-3-4-12(19-10)11(7-14)17-5-6-18-9-15-16-13(18)8-17/h3-4,9,11H,2,5-8,14H2,1H3. The van der Waals surface area contributed by atoms with Gasteiger partial charge >= 0.3 is 0 Å². The number of aryl methyl sites for hydroxylation is 1. The van der Waals surface area contributed by atoms with E-state index >= 15 is 0 Å². The van der Waals surface area contributed by atoms with E-state index in [4.69, 9.17) is 5.73 Å². The second-order valence-electron chi connectivity index (χ2n) is 4.82. The molecule has 0 aromatic carbocycles. The molecule has 0 spiro atoms. The summed E-state index contributed by atoms with van der Waals surface area (Å²) in [4.78, 5) is 5.20. The van der Waals surface area contributed by atoms with E-state index in [1.807, 2.05) is 17.7 Å². The first-order valence-corrected chi connectivity index (χ1v) is 7.53. The second kappa shape index (κ2) is 5.40. The molecule has 5 nitrogen and oxygen atoms in total. The molecule has 1 aliphatic rings. The van der Waals surface area contributed by atoms with Crippen molar-refractivity contribution in [2.45, 2.75) is 32.5 Å². The Morgan fingerprint density at radius 3 is 3.05 bits per heavy atom. The molecule has 2 N–H and O–H groups in total. The third kappa shape index (κ3) is 2.43. The van der Waals surface area contributed by atoms with Crippen molar-refractivity contribution in [2.24, 2.45) is 5.73 Å². The first kappa shape index (κ1) is 12.8. The number of nitrogens with zero attached hydrogens (tertiary/aromatic N) is 4. The van der Waals surface area contributed by atoms with Gasteiger partial charge in [-0.3, -0.25) is 4.90 Å². The molecule has 0 bridgehead atoms. The number of fused-ring (bicyclic) bond motifs is 1. The smallest absolute Gasteiger partial charge is 0.147 e. The highest BCUT2D eigenvalue weighted by Crippen LogP contribution is 2.29. The Balaban J connectivity index is 1.80. The van der Waals surface area contributed by atoms with Crippen LogP contribution in [-0.2, 0) is 19.5 Å². The van der Waals surface area contributed by atoms with Gasteiger partial charge in [0.25, 0.3) is 0 Å². The molecule has 2 aromatic rings. The van der Waals surface area contributed by atoms with E-state index in [0.29, 0.717) is 12.6 Å². The molecule has 0 radical (unpaired) electrons. The van der Waals surface area contributed by atoms with Gasteiger partial charge in [-0.15, -0.1) is 21.5 Å². The molecular formula is C13H19N5S. The maximum atomic E-state index is 6.00. The van der Waals surface area contributed by atoms with Crippen molar-refractivity contribution in [1.29, 1.82) is 0 Å². The molecule has 6 heteroatoms. The lowest BCUT2D eigenvalue weighted by Gasteiger charge is -2.33. The molecule has 1 atom stereocenters. The summed E-state index contributed by atoms with van der Waals surface area (Å²) in [5.74, 6) is 1.04. The molecular weight excluding hydrogens is 258 g/mol. The van der Waals surface area contributed by atoms with Crippen LogP contribution in [0.1, 0.15) is 28.5 Å². The Labute approximate surface area is 117 Å². The zero-order valence-electron chi connectivity index (χ0n) is 11.1. The number of nitrogens with two attached hydrogens (primary N) is 1. The van der Waals surface area contributed by atoms with Crippen LogP contribution in [0.2, 0.25) is 0 Å². The molecule has 2 aromatic heterocycles. The van der Waals surface area contributed by atoms with Crippen molar-refractivity contribution < 1.29 is 0 Å². The predicted molar refractivity (Wildman–Crippen MR) is 75.9 cm³/mol. The van der Waals surface area contributed by atoms with Gasteiger partial charge in [-0.1, -0.05) is 6.92 Å². The summed E-state index contributed by atoms with van der Waals surface area (Å²) in [6.07, 6.45) is 2.90. The summed E-state index contributed by atoms with van der Waals surface area (Å²) in [5, 5.41) is 8.14. The molecule has 3 heterocycles. The van der Waals surface area contributed by atoms with Gasteiger partial charge in [-0.05, 0) is 18.6 Å². The molecule has 0 fully saturated rings. The van der Waals surface area contributed by atoms with E-state index in [0.717, 1.165) is 31.9 Å². The normalized spacial score (nSPS) is 17.4. The first-order chi connectivity index (χ1) is 9.31. The highest BCUT2D eigenvalue weighted by molar-refractivity contribution is 7.12. The van der Waals surface area contributed by atoms with Gasteiger partial charge in [0.2, 0.25) is 0 Å². The minimum atomic E-state index is 0.302. The molecule has 1 aliphatic heterocycles. The van der Waals surface area contributed by atoms with E-state index in [9.17, 15) is 0 Å². The molecule has 0 saturated heterocycles. The number of thiophene rings is 1. The van der Waals surface area contributed by atoms with Crippen LogP contribution in [0, 0.1) is 0 Å². The van der Waals surface area contributed by atoms with Crippen LogP contribution >= 0.6 is 11.3 Å². The summed E-state index contributed by atoms with van der Waals surface area (Å²) in [5.41, 5.74) is 6.00. The van der Waals surface area contributed by atoms with Gasteiger partial charge in [0.05, 0.1) is 12.6 Å². The van der Waals surface area contributed by atoms with Crippen LogP contribution in [0.5, 0.6) is 0 Å². The molecule has 102 valence electrons. The van der Waals surface area contributed by atoms with Gasteiger partial charge in [-0.2, -0.15) is 0 Å². The fourth-order valence-electron chi connectivity index (χ4n) is 2.56. The zero-order chi connectivity index (χ0) is 13.2. The van der Waals surface area contributed by atoms with Crippen molar-refractivity contribution in [2.75, 3.05) is 13.1 Å². The zero-order valence-corrected chi connectivity index (χ0v) is 11.9. The predicted octanol–water partition coefficient (Wildman–Crippen LogP) is 1.42. The van der Waals surface area contributed by atoms with Crippen LogP contribution in [0.3, 0.4) is 0 Å². The number of hydrogen-bond donors (Lipinski definition) is 1. The van der Waals surface area contributed by atoms with E-state index in [1.54, 1.807) is 0 Å². The molecule has 1 unspecified atom stereocenters. The minimum absolute atomic E-state index is 0.302. The maximum absolute atomic E-state index is 6.00. The van der Waals surface area contributed by atoms with Gasteiger partial charge in [0.1, 0.15) is 12.2 Å². The lowest BCUT2D eigenvalue weighted by molar-refractivity contribution is 0.158. The third-order valence-electron chi connectivity index (χ3n) is 3.69. The lowest BCUT2D eigenvalue weighted by atomic mass is 10.2. The summed E-state index contributed by atoms with van der Waals surface area (Å²) in [6.45, 7) is 5.63. The van der Waals surface area contributed by atoms with Crippen molar-refractivity contribution in [3.63, 3.8) is 0 Å². The van der Waals surface area contributed by atoms with Crippen molar-refractivity contribution in [1.82, 2.24) is 19.7 Å². The van der Waals surface area contributed by atoms with Crippen LogP contribution in [0.25, 0.3) is 0 Å². The minimum Gasteiger partial charge on any atom is -0.329 e. The van der Waals surface area contributed by atoms with Crippen LogP contribution in [0.4, 0.5) is 0 Å². The number of aromatic nitrogens is 3. The average molecular weight is 277 g/mol. The topological polar surface area (TPSA) is 60.0 Å². The largest absolute Gasteiger partial charge is 0.329 e. The van der Waals surface area contributed by atoms with Gasteiger partial charge in [0.15, 0.2) is 0 Å². The Morgan fingerprint density at radius 1 is 1.42 bits per heavy atom. The molecule has 19 heavy (non-hydrogen) atoms. The molecule has 0 aliphatic carbocycles. The number of rotatable bonds is 4. The third-order valence-corrected chi connectivity index (χ3v) is 5.02. The summed E-state index contributed by atoms with van der Waals surface area (Å²) < 4.78 is 2.12. The number of hydrogen-bond acceptors (Lipinski definition) is 5. The van der Waals surface area contributed by atoms with Crippen LogP contribution in [0.15, 0.2) is 18.5 Å². The molecule has 0 amide bonds.